The second-order valence-electron chi connectivity index (χ2n) is 5.92. The number of hydrogen-bond donors (Lipinski definition) is 1. The maximum atomic E-state index is 12.2. The van der Waals surface area contributed by atoms with Crippen molar-refractivity contribution in [2.75, 3.05) is 26.7 Å². The van der Waals surface area contributed by atoms with E-state index in [1.165, 1.54) is 12.0 Å². The van der Waals surface area contributed by atoms with Crippen molar-refractivity contribution < 1.29 is 24.2 Å². The predicted octanol–water partition coefficient (Wildman–Crippen LogP) is -0.0861. The van der Waals surface area contributed by atoms with Crippen LogP contribution in [0.25, 0.3) is 0 Å². The lowest BCUT2D eigenvalue weighted by atomic mass is 10.1. The predicted molar refractivity (Wildman–Crippen MR) is 77.8 cm³/mol. The molecule has 0 radical (unpaired) electrons. The van der Waals surface area contributed by atoms with Gasteiger partial charge in [-0.25, -0.2) is 4.79 Å². The zero-order valence-electron chi connectivity index (χ0n) is 13.0. The van der Waals surface area contributed by atoms with Gasteiger partial charge in [0.05, 0.1) is 13.2 Å². The molecule has 0 saturated carbocycles. The number of methoxy groups -OCH3 is 1. The number of esters is 1. The lowest BCUT2D eigenvalue weighted by Gasteiger charge is -2.27. The summed E-state index contributed by atoms with van der Waals surface area (Å²) in [5.74, 6) is -0.813. The van der Waals surface area contributed by atoms with Gasteiger partial charge in [-0.3, -0.25) is 9.59 Å². The van der Waals surface area contributed by atoms with E-state index in [1.54, 1.807) is 4.90 Å². The summed E-state index contributed by atoms with van der Waals surface area (Å²) in [7, 11) is 1.26. The average Bonchev–Trinajstić information content (AvgIpc) is 2.94. The number of piperidine rings is 1. The van der Waals surface area contributed by atoms with E-state index >= 15 is 0 Å². The molecule has 0 bridgehead atoms. The Bertz CT molecular complexity index is 434. The molecule has 0 aliphatic carbocycles. The molecule has 2 aliphatic heterocycles. The average molecular weight is 312 g/mol. The molecule has 22 heavy (non-hydrogen) atoms. The van der Waals surface area contributed by atoms with Crippen molar-refractivity contribution >= 4 is 17.8 Å². The van der Waals surface area contributed by atoms with Crippen LogP contribution in [0.5, 0.6) is 0 Å². The molecule has 2 atom stereocenters. The summed E-state index contributed by atoms with van der Waals surface area (Å²) in [4.78, 5) is 39.1. The first-order valence-electron chi connectivity index (χ1n) is 7.86. The number of ether oxygens (including phenoxy) is 1. The van der Waals surface area contributed by atoms with Crippen molar-refractivity contribution in [3.63, 3.8) is 0 Å². The lowest BCUT2D eigenvalue weighted by Crippen LogP contribution is -2.42. The zero-order valence-corrected chi connectivity index (χ0v) is 13.0. The van der Waals surface area contributed by atoms with Crippen LogP contribution < -0.4 is 0 Å². The van der Waals surface area contributed by atoms with Crippen LogP contribution in [0, 0.1) is 0 Å². The van der Waals surface area contributed by atoms with Crippen LogP contribution in [-0.2, 0) is 19.1 Å². The molecule has 124 valence electrons. The van der Waals surface area contributed by atoms with Crippen LogP contribution in [0.15, 0.2) is 0 Å². The molecule has 2 fully saturated rings. The minimum Gasteiger partial charge on any atom is -0.467 e. The Hall–Kier alpha value is -1.63. The van der Waals surface area contributed by atoms with Gasteiger partial charge in [0.15, 0.2) is 0 Å². The highest BCUT2D eigenvalue weighted by atomic mass is 16.5. The van der Waals surface area contributed by atoms with Crippen molar-refractivity contribution in [3.05, 3.63) is 0 Å². The van der Waals surface area contributed by atoms with E-state index in [-0.39, 0.29) is 37.6 Å². The molecule has 0 aromatic carbocycles. The molecule has 2 rings (SSSR count). The number of carbonyl (C=O) groups is 3. The quantitative estimate of drug-likeness (QED) is 0.733. The number of β-amino-alcohol motifs (C(OH)–C–C–N with tert-alkyl or cyclic N) is 1. The molecule has 2 amide bonds. The van der Waals surface area contributed by atoms with Crippen molar-refractivity contribution in [2.24, 2.45) is 0 Å². The molecule has 7 nitrogen and oxygen atoms in total. The third-order valence-electron chi connectivity index (χ3n) is 4.33. The Balaban J connectivity index is 1.85. The Kier molecular flexibility index (Phi) is 5.76. The summed E-state index contributed by atoms with van der Waals surface area (Å²) in [6, 6.07) is -0.738. The molecule has 0 aromatic rings. The fraction of sp³-hybridized carbons (Fsp3) is 0.800. The molecule has 2 saturated heterocycles. The second-order valence-corrected chi connectivity index (χ2v) is 5.92. The van der Waals surface area contributed by atoms with Crippen LogP contribution in [0.1, 0.15) is 38.5 Å². The summed E-state index contributed by atoms with van der Waals surface area (Å²) in [5, 5.41) is 9.67. The molecule has 1 N–H and O–H groups in total. The van der Waals surface area contributed by atoms with Crippen LogP contribution in [0.3, 0.4) is 0 Å². The van der Waals surface area contributed by atoms with Gasteiger partial charge >= 0.3 is 5.97 Å². The van der Waals surface area contributed by atoms with Crippen LogP contribution in [0.2, 0.25) is 0 Å². The lowest BCUT2D eigenvalue weighted by molar-refractivity contribution is -0.151. The number of rotatable bonds is 4. The van der Waals surface area contributed by atoms with E-state index in [4.69, 9.17) is 0 Å². The van der Waals surface area contributed by atoms with Gasteiger partial charge in [0, 0.05) is 38.9 Å². The van der Waals surface area contributed by atoms with Gasteiger partial charge in [0.2, 0.25) is 11.8 Å². The van der Waals surface area contributed by atoms with Crippen molar-refractivity contribution in [2.45, 2.75) is 50.7 Å². The highest BCUT2D eigenvalue weighted by Gasteiger charge is 2.39. The SMILES string of the molecule is COC(=O)C1CC(O)CN1C(=O)CCC(=O)N1CCCCC1. The van der Waals surface area contributed by atoms with E-state index in [0.717, 1.165) is 32.4 Å². The van der Waals surface area contributed by atoms with E-state index in [0.29, 0.717) is 0 Å². The number of aliphatic hydroxyl groups is 1. The smallest absolute Gasteiger partial charge is 0.328 e. The fourth-order valence-corrected chi connectivity index (χ4v) is 3.11. The first-order valence-corrected chi connectivity index (χ1v) is 7.86. The maximum Gasteiger partial charge on any atom is 0.328 e. The van der Waals surface area contributed by atoms with E-state index in [2.05, 4.69) is 4.74 Å². The molecule has 2 heterocycles. The van der Waals surface area contributed by atoms with Crippen molar-refractivity contribution in [3.8, 4) is 0 Å². The zero-order chi connectivity index (χ0) is 16.1. The monoisotopic (exact) mass is 312 g/mol. The second kappa shape index (κ2) is 7.58. The maximum absolute atomic E-state index is 12.2. The molecule has 0 spiro atoms. The summed E-state index contributed by atoms with van der Waals surface area (Å²) < 4.78 is 4.66. The summed E-state index contributed by atoms with van der Waals surface area (Å²) in [6.45, 7) is 1.65. The molecule has 0 aromatic heterocycles. The highest BCUT2D eigenvalue weighted by Crippen LogP contribution is 2.21. The van der Waals surface area contributed by atoms with Crippen LogP contribution >= 0.6 is 0 Å². The number of likely N-dealkylation sites (tertiary alicyclic amines) is 2. The molecule has 2 aliphatic rings. The first kappa shape index (κ1) is 16.7. The van der Waals surface area contributed by atoms with E-state index in [1.807, 2.05) is 0 Å². The summed E-state index contributed by atoms with van der Waals surface area (Å²) in [6.07, 6.45) is 2.87. The van der Waals surface area contributed by atoms with Gasteiger partial charge < -0.3 is 19.6 Å². The molecule has 2 unspecified atom stereocenters. The van der Waals surface area contributed by atoms with E-state index < -0.39 is 18.1 Å². The van der Waals surface area contributed by atoms with Crippen LogP contribution in [-0.4, -0.2) is 71.6 Å². The number of aliphatic hydroxyl groups excluding tert-OH is 1. The van der Waals surface area contributed by atoms with Gasteiger partial charge in [0.1, 0.15) is 6.04 Å². The molecule has 7 heteroatoms. The van der Waals surface area contributed by atoms with Crippen molar-refractivity contribution in [1.82, 2.24) is 9.80 Å². The third kappa shape index (κ3) is 3.97. The largest absolute Gasteiger partial charge is 0.467 e. The Labute approximate surface area is 130 Å². The van der Waals surface area contributed by atoms with Gasteiger partial charge in [-0.2, -0.15) is 0 Å². The Morgan fingerprint density at radius 2 is 1.73 bits per heavy atom. The Morgan fingerprint density at radius 1 is 1.09 bits per heavy atom. The van der Waals surface area contributed by atoms with Crippen LogP contribution in [0.4, 0.5) is 0 Å². The van der Waals surface area contributed by atoms with Gasteiger partial charge in [-0.1, -0.05) is 0 Å². The highest BCUT2D eigenvalue weighted by molar-refractivity contribution is 5.88. The molecular weight excluding hydrogens is 288 g/mol. The third-order valence-corrected chi connectivity index (χ3v) is 4.33. The number of amides is 2. The van der Waals surface area contributed by atoms with Gasteiger partial charge in [-0.05, 0) is 19.3 Å². The minimum absolute atomic E-state index is 0.0117. The summed E-state index contributed by atoms with van der Waals surface area (Å²) >= 11 is 0. The molecular formula is C15H24N2O5. The first-order chi connectivity index (χ1) is 10.5. The van der Waals surface area contributed by atoms with Gasteiger partial charge in [-0.15, -0.1) is 0 Å². The van der Waals surface area contributed by atoms with E-state index in [9.17, 15) is 19.5 Å². The Morgan fingerprint density at radius 3 is 2.36 bits per heavy atom. The minimum atomic E-state index is -0.738. The standard InChI is InChI=1S/C15H24N2O5/c1-22-15(21)12-9-11(18)10-17(12)14(20)6-5-13(19)16-7-3-2-4-8-16/h11-12,18H,2-10H2,1H3. The fourth-order valence-electron chi connectivity index (χ4n) is 3.11. The normalized spacial score (nSPS) is 25.2. The topological polar surface area (TPSA) is 87.1 Å². The van der Waals surface area contributed by atoms with Crippen molar-refractivity contribution in [1.29, 1.82) is 0 Å². The summed E-state index contributed by atoms with van der Waals surface area (Å²) in [5.41, 5.74) is 0. The van der Waals surface area contributed by atoms with Gasteiger partial charge in [0.25, 0.3) is 0 Å². The number of carbonyl (C=O) groups excluding carboxylic acids is 3. The number of nitrogens with zero attached hydrogens (tertiary/aromatic N) is 2. The number of hydrogen-bond acceptors (Lipinski definition) is 5.